The van der Waals surface area contributed by atoms with E-state index >= 15 is 0 Å². The maximum absolute atomic E-state index is 11.1. The molecule has 0 fully saturated rings. The topological polar surface area (TPSA) is 66.8 Å². The third kappa shape index (κ3) is 4.93. The molecule has 0 atom stereocenters. The van der Waals surface area contributed by atoms with Crippen LogP contribution in [0.25, 0.3) is 0 Å². The van der Waals surface area contributed by atoms with Crippen LogP contribution >= 0.6 is 0 Å². The van der Waals surface area contributed by atoms with Crippen LogP contribution in [-0.4, -0.2) is 51.1 Å². The summed E-state index contributed by atoms with van der Waals surface area (Å²) in [6.45, 7) is 0.897. The largest absolute Gasteiger partial charge is 0.508 e. The van der Waals surface area contributed by atoms with Crippen LogP contribution in [0.4, 0.5) is 0 Å². The molecule has 0 unspecified atom stereocenters. The van der Waals surface area contributed by atoms with Crippen LogP contribution in [0, 0.1) is 0 Å². The van der Waals surface area contributed by atoms with E-state index < -0.39 is 9.84 Å². The Balaban J connectivity index is 2.66. The van der Waals surface area contributed by atoms with Crippen LogP contribution in [0.2, 0.25) is 0 Å². The average molecular weight is 273 g/mol. The van der Waals surface area contributed by atoms with Crippen molar-refractivity contribution in [2.24, 2.45) is 0 Å². The van der Waals surface area contributed by atoms with Gasteiger partial charge in [0.25, 0.3) is 0 Å². The number of rotatable bonds is 6. The van der Waals surface area contributed by atoms with E-state index in [2.05, 4.69) is 0 Å². The zero-order valence-electron chi connectivity index (χ0n) is 10.9. The lowest BCUT2D eigenvalue weighted by atomic mass is 10.2. The molecule has 18 heavy (non-hydrogen) atoms. The molecule has 0 saturated heterocycles. The van der Waals surface area contributed by atoms with Crippen LogP contribution in [-0.2, 0) is 16.4 Å². The van der Waals surface area contributed by atoms with Crippen molar-refractivity contribution in [3.8, 4) is 11.5 Å². The van der Waals surface area contributed by atoms with E-state index in [1.807, 2.05) is 11.9 Å². The van der Waals surface area contributed by atoms with E-state index in [0.29, 0.717) is 24.4 Å². The van der Waals surface area contributed by atoms with Crippen molar-refractivity contribution in [3.63, 3.8) is 0 Å². The molecule has 0 saturated carbocycles. The Labute approximate surface area is 108 Å². The Morgan fingerprint density at radius 3 is 2.61 bits per heavy atom. The maximum Gasteiger partial charge on any atom is 0.148 e. The molecule has 102 valence electrons. The predicted octanol–water partition coefficient (Wildman–Crippen LogP) is 0.877. The predicted molar refractivity (Wildman–Crippen MR) is 70.7 cm³/mol. The third-order valence-electron chi connectivity index (χ3n) is 2.57. The van der Waals surface area contributed by atoms with Gasteiger partial charge in [-0.2, -0.15) is 0 Å². The molecule has 1 aromatic rings. The van der Waals surface area contributed by atoms with Crippen LogP contribution in [0.1, 0.15) is 5.56 Å². The molecule has 0 amide bonds. The highest BCUT2D eigenvalue weighted by Crippen LogP contribution is 2.23. The molecule has 0 aliphatic heterocycles. The fourth-order valence-electron chi connectivity index (χ4n) is 1.51. The lowest BCUT2D eigenvalue weighted by Crippen LogP contribution is -2.24. The summed E-state index contributed by atoms with van der Waals surface area (Å²) in [4.78, 5) is 1.84. The number of ether oxygens (including phenoxy) is 1. The standard InChI is InChI=1S/C12H19NO4S/c1-13(6-7-18(3,15)16)9-10-8-11(17-2)4-5-12(10)14/h4-5,8,14H,6-7,9H2,1-3H3. The Hall–Kier alpha value is -1.27. The minimum atomic E-state index is -2.96. The SMILES string of the molecule is COc1ccc(O)c(CN(C)CCS(C)(=O)=O)c1. The summed E-state index contributed by atoms with van der Waals surface area (Å²) >= 11 is 0. The fourth-order valence-corrected chi connectivity index (χ4v) is 2.15. The molecule has 0 heterocycles. The van der Waals surface area contributed by atoms with Gasteiger partial charge in [-0.25, -0.2) is 8.42 Å². The van der Waals surface area contributed by atoms with Gasteiger partial charge in [-0.15, -0.1) is 0 Å². The van der Waals surface area contributed by atoms with E-state index in [1.165, 1.54) is 6.26 Å². The van der Waals surface area contributed by atoms with E-state index in [-0.39, 0.29) is 11.5 Å². The zero-order chi connectivity index (χ0) is 13.8. The first-order chi connectivity index (χ1) is 8.31. The first kappa shape index (κ1) is 14.8. The molecule has 0 radical (unpaired) electrons. The number of sulfone groups is 1. The van der Waals surface area contributed by atoms with Gasteiger partial charge in [0.1, 0.15) is 21.3 Å². The van der Waals surface area contributed by atoms with Gasteiger partial charge >= 0.3 is 0 Å². The minimum absolute atomic E-state index is 0.105. The van der Waals surface area contributed by atoms with Crippen LogP contribution < -0.4 is 4.74 Å². The number of aromatic hydroxyl groups is 1. The number of benzene rings is 1. The number of phenols is 1. The molecule has 6 heteroatoms. The van der Waals surface area contributed by atoms with Gasteiger partial charge in [0.05, 0.1) is 12.9 Å². The summed E-state index contributed by atoms with van der Waals surface area (Å²) in [5.74, 6) is 0.954. The van der Waals surface area contributed by atoms with Gasteiger partial charge in [-0.1, -0.05) is 0 Å². The number of nitrogens with zero attached hydrogens (tertiary/aromatic N) is 1. The first-order valence-electron chi connectivity index (χ1n) is 5.54. The van der Waals surface area contributed by atoms with Crippen molar-refractivity contribution in [3.05, 3.63) is 23.8 Å². The lowest BCUT2D eigenvalue weighted by Gasteiger charge is -2.17. The molecule has 0 aliphatic rings. The van der Waals surface area contributed by atoms with Crippen molar-refractivity contribution in [2.75, 3.05) is 32.7 Å². The first-order valence-corrected chi connectivity index (χ1v) is 7.60. The minimum Gasteiger partial charge on any atom is -0.508 e. The van der Waals surface area contributed by atoms with Gasteiger partial charge < -0.3 is 14.7 Å². The average Bonchev–Trinajstić information content (AvgIpc) is 2.28. The van der Waals surface area contributed by atoms with Crippen LogP contribution in [0.5, 0.6) is 11.5 Å². The van der Waals surface area contributed by atoms with Gasteiger partial charge in [0, 0.05) is 24.9 Å². The van der Waals surface area contributed by atoms with Crippen molar-refractivity contribution >= 4 is 9.84 Å². The van der Waals surface area contributed by atoms with Crippen molar-refractivity contribution < 1.29 is 18.3 Å². The lowest BCUT2D eigenvalue weighted by molar-refractivity contribution is 0.336. The molecular formula is C12H19NO4S. The highest BCUT2D eigenvalue weighted by molar-refractivity contribution is 7.90. The smallest absolute Gasteiger partial charge is 0.148 e. The molecular weight excluding hydrogens is 254 g/mol. The summed E-state index contributed by atoms with van der Waals surface area (Å²) in [5.41, 5.74) is 0.713. The molecule has 0 spiro atoms. The number of hydrogen-bond donors (Lipinski definition) is 1. The highest BCUT2D eigenvalue weighted by Gasteiger charge is 2.09. The molecule has 1 rings (SSSR count). The fraction of sp³-hybridized carbons (Fsp3) is 0.500. The number of phenolic OH excluding ortho intramolecular Hbond substituents is 1. The van der Waals surface area contributed by atoms with Crippen LogP contribution in [0.15, 0.2) is 18.2 Å². The number of methoxy groups -OCH3 is 1. The Morgan fingerprint density at radius 2 is 2.06 bits per heavy atom. The summed E-state index contributed by atoms with van der Waals surface area (Å²) in [6.07, 6.45) is 1.21. The second-order valence-electron chi connectivity index (χ2n) is 4.36. The molecule has 0 aliphatic carbocycles. The van der Waals surface area contributed by atoms with E-state index in [9.17, 15) is 13.5 Å². The summed E-state index contributed by atoms with van der Waals surface area (Å²) in [7, 11) is 0.405. The maximum atomic E-state index is 11.1. The van der Waals surface area contributed by atoms with Crippen LogP contribution in [0.3, 0.4) is 0 Å². The zero-order valence-corrected chi connectivity index (χ0v) is 11.7. The molecule has 1 N–H and O–H groups in total. The van der Waals surface area contributed by atoms with E-state index in [1.54, 1.807) is 25.3 Å². The van der Waals surface area contributed by atoms with E-state index in [4.69, 9.17) is 4.74 Å². The second kappa shape index (κ2) is 6.06. The van der Waals surface area contributed by atoms with Gasteiger partial charge in [-0.3, -0.25) is 0 Å². The monoisotopic (exact) mass is 273 g/mol. The summed E-state index contributed by atoms with van der Waals surface area (Å²) < 4.78 is 27.2. The van der Waals surface area contributed by atoms with Crippen molar-refractivity contribution in [1.82, 2.24) is 4.90 Å². The van der Waals surface area contributed by atoms with Gasteiger partial charge in [-0.05, 0) is 25.2 Å². The normalized spacial score (nSPS) is 11.8. The molecule has 0 bridgehead atoms. The second-order valence-corrected chi connectivity index (χ2v) is 6.62. The Morgan fingerprint density at radius 1 is 1.39 bits per heavy atom. The van der Waals surface area contributed by atoms with E-state index in [0.717, 1.165) is 0 Å². The highest BCUT2D eigenvalue weighted by atomic mass is 32.2. The molecule has 5 nitrogen and oxygen atoms in total. The van der Waals surface area contributed by atoms with Crippen molar-refractivity contribution in [2.45, 2.75) is 6.54 Å². The number of hydrogen-bond acceptors (Lipinski definition) is 5. The molecule has 1 aromatic carbocycles. The quantitative estimate of drug-likeness (QED) is 0.833. The summed E-state index contributed by atoms with van der Waals surface area (Å²) in [5, 5.41) is 9.71. The molecule has 0 aromatic heterocycles. The van der Waals surface area contributed by atoms with Gasteiger partial charge in [0.15, 0.2) is 0 Å². The van der Waals surface area contributed by atoms with Crippen molar-refractivity contribution in [1.29, 1.82) is 0 Å². The third-order valence-corrected chi connectivity index (χ3v) is 3.49. The Bertz CT molecular complexity index is 499. The Kier molecular flexibility index (Phi) is 4.98. The van der Waals surface area contributed by atoms with Gasteiger partial charge in [0.2, 0.25) is 0 Å². The summed E-state index contributed by atoms with van der Waals surface area (Å²) in [6, 6.07) is 4.99.